The summed E-state index contributed by atoms with van der Waals surface area (Å²) in [6, 6.07) is 14.3. The predicted octanol–water partition coefficient (Wildman–Crippen LogP) is 2.46. The fourth-order valence-corrected chi connectivity index (χ4v) is 1.60. The molecule has 0 heterocycles. The van der Waals surface area contributed by atoms with Crippen LogP contribution in [-0.4, -0.2) is 13.1 Å². The molecule has 0 aliphatic carbocycles. The zero-order valence-corrected chi connectivity index (χ0v) is 10.5. The molecule has 2 aromatic carbocycles. The Morgan fingerprint density at radius 2 is 1.68 bits per heavy atom. The van der Waals surface area contributed by atoms with Crippen molar-refractivity contribution in [2.24, 2.45) is 0 Å². The van der Waals surface area contributed by atoms with Gasteiger partial charge in [-0.2, -0.15) is 0 Å². The molecule has 0 saturated heterocycles. The number of hydrogen-bond acceptors (Lipinski definition) is 3. The van der Waals surface area contributed by atoms with Crippen molar-refractivity contribution in [2.75, 3.05) is 12.8 Å². The average molecular weight is 251 g/mol. The molecule has 19 heavy (non-hydrogen) atoms. The lowest BCUT2D eigenvalue weighted by atomic mass is 10.1. The van der Waals surface area contributed by atoms with Crippen LogP contribution in [0.25, 0.3) is 0 Å². The summed E-state index contributed by atoms with van der Waals surface area (Å²) in [5.41, 5.74) is 8.44. The van der Waals surface area contributed by atoms with Gasteiger partial charge in [0.05, 0.1) is 12.7 Å². The summed E-state index contributed by atoms with van der Waals surface area (Å²) in [4.78, 5) is 11.4. The van der Waals surface area contributed by atoms with Gasteiger partial charge in [0, 0.05) is 16.8 Å². The van der Waals surface area contributed by atoms with E-state index in [0.29, 0.717) is 11.3 Å². The van der Waals surface area contributed by atoms with Gasteiger partial charge in [0.15, 0.2) is 0 Å². The van der Waals surface area contributed by atoms with Crippen LogP contribution in [-0.2, 0) is 4.74 Å². The molecule has 0 aromatic heterocycles. The minimum absolute atomic E-state index is 0.368. The van der Waals surface area contributed by atoms with Gasteiger partial charge in [0.25, 0.3) is 0 Å². The number of ether oxygens (including phenoxy) is 1. The lowest BCUT2D eigenvalue weighted by Gasteiger charge is -1.98. The van der Waals surface area contributed by atoms with E-state index in [9.17, 15) is 4.79 Å². The summed E-state index contributed by atoms with van der Waals surface area (Å²) < 4.78 is 4.67. The molecule has 0 fully saturated rings. The molecule has 3 heteroatoms. The lowest BCUT2D eigenvalue weighted by Crippen LogP contribution is -2.00. The number of esters is 1. The Labute approximate surface area is 112 Å². The molecule has 2 aromatic rings. The third-order valence-corrected chi connectivity index (χ3v) is 2.52. The normalized spacial score (nSPS) is 9.32. The fraction of sp³-hybridized carbons (Fsp3) is 0.0625. The zero-order chi connectivity index (χ0) is 13.7. The number of nitrogens with two attached hydrogens (primary N) is 1. The molecule has 0 amide bonds. The quantitative estimate of drug-likeness (QED) is 0.481. The van der Waals surface area contributed by atoms with E-state index in [1.165, 1.54) is 7.11 Å². The summed E-state index contributed by atoms with van der Waals surface area (Å²) in [5, 5.41) is 0. The number of nitrogen functional groups attached to an aromatic ring is 1. The highest BCUT2D eigenvalue weighted by atomic mass is 16.5. The minimum Gasteiger partial charge on any atom is -0.465 e. The standard InChI is InChI=1S/C16H13NO2/c1-19-16(18)14-6-2-4-12(10-14)8-9-13-5-3-7-15(17)11-13/h2-7,10-11H,17H2,1H3. The van der Waals surface area contributed by atoms with Crippen molar-refractivity contribution in [3.63, 3.8) is 0 Å². The number of carbonyl (C=O) groups excluding carboxylic acids is 1. The van der Waals surface area contributed by atoms with Crippen molar-refractivity contribution in [1.29, 1.82) is 0 Å². The third kappa shape index (κ3) is 3.36. The molecule has 3 nitrogen and oxygen atoms in total. The van der Waals surface area contributed by atoms with Crippen LogP contribution < -0.4 is 5.73 Å². The van der Waals surface area contributed by atoms with E-state index in [4.69, 9.17) is 5.73 Å². The topological polar surface area (TPSA) is 52.3 Å². The molecule has 2 rings (SSSR count). The van der Waals surface area contributed by atoms with Crippen molar-refractivity contribution >= 4 is 11.7 Å². The second-order valence-electron chi connectivity index (χ2n) is 3.95. The summed E-state index contributed by atoms with van der Waals surface area (Å²) in [7, 11) is 1.35. The molecule has 0 saturated carbocycles. The zero-order valence-electron chi connectivity index (χ0n) is 10.5. The number of methoxy groups -OCH3 is 1. The molecule has 0 unspecified atom stereocenters. The van der Waals surface area contributed by atoms with Crippen LogP contribution in [0.1, 0.15) is 21.5 Å². The number of hydrogen-bond donors (Lipinski definition) is 1. The first kappa shape index (κ1) is 12.7. The summed E-state index contributed by atoms with van der Waals surface area (Å²) in [5.74, 6) is 5.63. The van der Waals surface area contributed by atoms with Gasteiger partial charge in [0.2, 0.25) is 0 Å². The van der Waals surface area contributed by atoms with Crippen LogP contribution in [0, 0.1) is 11.8 Å². The monoisotopic (exact) mass is 251 g/mol. The fourth-order valence-electron chi connectivity index (χ4n) is 1.60. The molecule has 0 aliphatic rings. The highest BCUT2D eigenvalue weighted by Crippen LogP contribution is 2.07. The van der Waals surface area contributed by atoms with Gasteiger partial charge >= 0.3 is 5.97 Å². The van der Waals surface area contributed by atoms with Gasteiger partial charge in [-0.15, -0.1) is 0 Å². The van der Waals surface area contributed by atoms with Crippen molar-refractivity contribution < 1.29 is 9.53 Å². The van der Waals surface area contributed by atoms with E-state index < -0.39 is 0 Å². The summed E-state index contributed by atoms with van der Waals surface area (Å²) in [6.07, 6.45) is 0. The average Bonchev–Trinajstić information content (AvgIpc) is 2.45. The molecular formula is C16H13NO2. The molecule has 2 N–H and O–H groups in total. The van der Waals surface area contributed by atoms with E-state index in [1.807, 2.05) is 24.3 Å². The first-order valence-electron chi connectivity index (χ1n) is 5.75. The summed E-state index contributed by atoms with van der Waals surface area (Å²) >= 11 is 0. The summed E-state index contributed by atoms with van der Waals surface area (Å²) in [6.45, 7) is 0. The van der Waals surface area contributed by atoms with E-state index in [0.717, 1.165) is 11.1 Å². The largest absolute Gasteiger partial charge is 0.465 e. The number of rotatable bonds is 1. The van der Waals surface area contributed by atoms with Crippen molar-refractivity contribution in [3.8, 4) is 11.8 Å². The number of carbonyl (C=O) groups is 1. The van der Waals surface area contributed by atoms with Crippen molar-refractivity contribution in [2.45, 2.75) is 0 Å². The highest BCUT2D eigenvalue weighted by molar-refractivity contribution is 5.89. The van der Waals surface area contributed by atoms with Gasteiger partial charge in [-0.1, -0.05) is 24.0 Å². The first-order chi connectivity index (χ1) is 9.19. The van der Waals surface area contributed by atoms with Gasteiger partial charge in [-0.3, -0.25) is 0 Å². The molecule has 0 aliphatic heterocycles. The Kier molecular flexibility index (Phi) is 3.84. The van der Waals surface area contributed by atoms with Crippen LogP contribution in [0.15, 0.2) is 48.5 Å². The van der Waals surface area contributed by atoms with Crippen LogP contribution in [0.5, 0.6) is 0 Å². The van der Waals surface area contributed by atoms with Crippen molar-refractivity contribution in [1.82, 2.24) is 0 Å². The molecule has 94 valence electrons. The van der Waals surface area contributed by atoms with Gasteiger partial charge in [-0.25, -0.2) is 4.79 Å². The Morgan fingerprint density at radius 3 is 2.32 bits per heavy atom. The maximum Gasteiger partial charge on any atom is 0.337 e. The molecule has 0 radical (unpaired) electrons. The van der Waals surface area contributed by atoms with E-state index in [2.05, 4.69) is 16.6 Å². The lowest BCUT2D eigenvalue weighted by molar-refractivity contribution is 0.0600. The van der Waals surface area contributed by atoms with Crippen molar-refractivity contribution in [3.05, 3.63) is 65.2 Å². The smallest absolute Gasteiger partial charge is 0.337 e. The molecule has 0 atom stereocenters. The Morgan fingerprint density at radius 1 is 1.05 bits per heavy atom. The van der Waals surface area contributed by atoms with E-state index in [1.54, 1.807) is 24.3 Å². The van der Waals surface area contributed by atoms with Crippen LogP contribution in [0.3, 0.4) is 0 Å². The van der Waals surface area contributed by atoms with Gasteiger partial charge in [0.1, 0.15) is 0 Å². The van der Waals surface area contributed by atoms with Crippen LogP contribution in [0.2, 0.25) is 0 Å². The maximum atomic E-state index is 11.4. The second kappa shape index (κ2) is 5.74. The Hall–Kier alpha value is -2.73. The van der Waals surface area contributed by atoms with E-state index in [-0.39, 0.29) is 5.97 Å². The Bertz CT molecular complexity index is 666. The SMILES string of the molecule is COC(=O)c1cccc(C#Cc2cccc(N)c2)c1. The van der Waals surface area contributed by atoms with E-state index >= 15 is 0 Å². The first-order valence-corrected chi connectivity index (χ1v) is 5.75. The van der Waals surface area contributed by atoms with Crippen LogP contribution >= 0.6 is 0 Å². The molecular weight excluding hydrogens is 238 g/mol. The molecule has 0 spiro atoms. The minimum atomic E-state index is -0.368. The highest BCUT2D eigenvalue weighted by Gasteiger charge is 2.04. The predicted molar refractivity (Wildman–Crippen MR) is 74.6 cm³/mol. The Balaban J connectivity index is 2.27. The number of benzene rings is 2. The van der Waals surface area contributed by atoms with Gasteiger partial charge < -0.3 is 10.5 Å². The molecule has 0 bridgehead atoms. The maximum absolute atomic E-state index is 11.4. The van der Waals surface area contributed by atoms with Gasteiger partial charge in [-0.05, 0) is 36.4 Å². The second-order valence-corrected chi connectivity index (χ2v) is 3.95. The van der Waals surface area contributed by atoms with Crippen LogP contribution in [0.4, 0.5) is 5.69 Å². The third-order valence-electron chi connectivity index (χ3n) is 2.52. The number of anilines is 1.